The van der Waals surface area contributed by atoms with Crippen LogP contribution < -0.4 is 10.6 Å². The molecule has 0 aliphatic rings. The Bertz CT molecular complexity index is 1430. The molecule has 3 aromatic carbocycles. The number of fused-ring (bicyclic) bond motifs is 2. The first-order chi connectivity index (χ1) is 14.9. The van der Waals surface area contributed by atoms with Gasteiger partial charge in [-0.15, -0.1) is 11.3 Å². The molecular formula is C24H20N4S3. The standard InChI is InChI=1S/C24H20N4S3/c1-13-4-9-18-19(11-13)30-22(26-18)16-5-7-17(8-6-16)25-23(29)28-24-27-21-15(3)10-14(2)12-20(21)31-24/h4-12H,1-3H3,(H2,25,27,28,29). The third-order valence-corrected chi connectivity index (χ3v) is 7.17. The molecule has 2 N–H and O–H groups in total. The van der Waals surface area contributed by atoms with Crippen LogP contribution in [0.25, 0.3) is 31.0 Å². The van der Waals surface area contributed by atoms with Crippen molar-refractivity contribution in [2.75, 3.05) is 10.6 Å². The van der Waals surface area contributed by atoms with Gasteiger partial charge in [0, 0.05) is 11.3 Å². The highest BCUT2D eigenvalue weighted by Gasteiger charge is 2.10. The molecule has 0 radical (unpaired) electrons. The molecule has 0 bridgehead atoms. The minimum absolute atomic E-state index is 0.525. The summed E-state index contributed by atoms with van der Waals surface area (Å²) in [6, 6.07) is 18.8. The summed E-state index contributed by atoms with van der Waals surface area (Å²) in [4.78, 5) is 9.45. The van der Waals surface area contributed by atoms with Crippen molar-refractivity contribution < 1.29 is 0 Å². The molecule has 0 saturated carbocycles. The number of nitrogens with zero attached hydrogens (tertiary/aromatic N) is 2. The van der Waals surface area contributed by atoms with Crippen molar-refractivity contribution in [3.05, 3.63) is 71.3 Å². The molecule has 154 valence electrons. The summed E-state index contributed by atoms with van der Waals surface area (Å²) in [6.45, 7) is 6.29. The van der Waals surface area contributed by atoms with E-state index in [-0.39, 0.29) is 0 Å². The highest BCUT2D eigenvalue weighted by molar-refractivity contribution is 7.80. The second kappa shape index (κ2) is 8.00. The third kappa shape index (κ3) is 4.17. The summed E-state index contributed by atoms with van der Waals surface area (Å²) in [7, 11) is 0. The Balaban J connectivity index is 1.30. The Morgan fingerprint density at radius 1 is 0.806 bits per heavy atom. The fraction of sp³-hybridized carbons (Fsp3) is 0.125. The largest absolute Gasteiger partial charge is 0.332 e. The average Bonchev–Trinajstić information content (AvgIpc) is 3.32. The molecule has 31 heavy (non-hydrogen) atoms. The molecule has 0 amide bonds. The topological polar surface area (TPSA) is 49.8 Å². The van der Waals surface area contributed by atoms with Crippen LogP contribution in [-0.4, -0.2) is 15.1 Å². The first-order valence-corrected chi connectivity index (χ1v) is 11.9. The Morgan fingerprint density at radius 2 is 1.58 bits per heavy atom. The van der Waals surface area contributed by atoms with Gasteiger partial charge in [0.2, 0.25) is 0 Å². The number of thiazole rings is 2. The number of thiocarbonyl (C=S) groups is 1. The van der Waals surface area contributed by atoms with E-state index in [0.29, 0.717) is 5.11 Å². The van der Waals surface area contributed by atoms with Gasteiger partial charge >= 0.3 is 0 Å². The fourth-order valence-corrected chi connectivity index (χ4v) is 5.93. The highest BCUT2D eigenvalue weighted by Crippen LogP contribution is 2.32. The van der Waals surface area contributed by atoms with E-state index in [0.717, 1.165) is 37.1 Å². The maximum atomic E-state index is 5.50. The van der Waals surface area contributed by atoms with Crippen molar-refractivity contribution in [1.29, 1.82) is 0 Å². The summed E-state index contributed by atoms with van der Waals surface area (Å²) in [5, 5.41) is 8.80. The van der Waals surface area contributed by atoms with Crippen LogP contribution in [0.2, 0.25) is 0 Å². The van der Waals surface area contributed by atoms with Crippen LogP contribution in [-0.2, 0) is 0 Å². The Labute approximate surface area is 194 Å². The monoisotopic (exact) mass is 460 g/mol. The summed E-state index contributed by atoms with van der Waals surface area (Å²) in [5.74, 6) is 0. The van der Waals surface area contributed by atoms with Crippen molar-refractivity contribution in [1.82, 2.24) is 9.97 Å². The zero-order chi connectivity index (χ0) is 21.5. The van der Waals surface area contributed by atoms with Crippen LogP contribution in [0.15, 0.2) is 54.6 Å². The van der Waals surface area contributed by atoms with E-state index < -0.39 is 0 Å². The lowest BCUT2D eigenvalue weighted by Crippen LogP contribution is -2.18. The lowest BCUT2D eigenvalue weighted by molar-refractivity contribution is 1.38. The zero-order valence-electron chi connectivity index (χ0n) is 17.3. The van der Waals surface area contributed by atoms with Crippen molar-refractivity contribution in [2.45, 2.75) is 20.8 Å². The number of nitrogens with one attached hydrogen (secondary N) is 2. The number of aromatic nitrogens is 2. The highest BCUT2D eigenvalue weighted by atomic mass is 32.1. The number of benzene rings is 3. The first kappa shape index (κ1) is 20.1. The van der Waals surface area contributed by atoms with Crippen molar-refractivity contribution in [3.8, 4) is 10.6 Å². The molecule has 0 aliphatic heterocycles. The van der Waals surface area contributed by atoms with Crippen LogP contribution in [0.3, 0.4) is 0 Å². The molecule has 2 heterocycles. The van der Waals surface area contributed by atoms with Gasteiger partial charge in [0.05, 0.1) is 20.4 Å². The lowest BCUT2D eigenvalue weighted by Gasteiger charge is -2.08. The van der Waals surface area contributed by atoms with Gasteiger partial charge in [0.25, 0.3) is 0 Å². The normalized spacial score (nSPS) is 11.2. The molecule has 7 heteroatoms. The van der Waals surface area contributed by atoms with E-state index in [2.05, 4.69) is 78.9 Å². The maximum absolute atomic E-state index is 5.50. The second-order valence-corrected chi connectivity index (χ2v) is 10.1. The predicted molar refractivity (Wildman–Crippen MR) is 139 cm³/mol. The summed E-state index contributed by atoms with van der Waals surface area (Å²) < 4.78 is 2.38. The van der Waals surface area contributed by atoms with Gasteiger partial charge in [-0.1, -0.05) is 23.5 Å². The van der Waals surface area contributed by atoms with Crippen molar-refractivity contribution in [3.63, 3.8) is 0 Å². The zero-order valence-corrected chi connectivity index (χ0v) is 19.8. The molecule has 2 aromatic heterocycles. The molecule has 5 rings (SSSR count). The SMILES string of the molecule is Cc1ccc2nc(-c3ccc(NC(=S)Nc4nc5c(C)cc(C)cc5s4)cc3)sc2c1. The smallest absolute Gasteiger partial charge is 0.190 e. The van der Waals surface area contributed by atoms with Crippen molar-refractivity contribution >= 4 is 71.3 Å². The van der Waals surface area contributed by atoms with Gasteiger partial charge in [0.1, 0.15) is 5.01 Å². The molecule has 0 fully saturated rings. The lowest BCUT2D eigenvalue weighted by atomic mass is 10.1. The number of hydrogen-bond donors (Lipinski definition) is 2. The van der Waals surface area contributed by atoms with Gasteiger partial charge in [-0.25, -0.2) is 9.97 Å². The van der Waals surface area contributed by atoms with E-state index >= 15 is 0 Å². The molecule has 4 nitrogen and oxygen atoms in total. The average molecular weight is 461 g/mol. The number of aryl methyl sites for hydroxylation is 3. The van der Waals surface area contributed by atoms with E-state index in [1.54, 1.807) is 22.7 Å². The van der Waals surface area contributed by atoms with E-state index in [1.165, 1.54) is 21.4 Å². The third-order valence-electron chi connectivity index (χ3n) is 4.98. The minimum atomic E-state index is 0.525. The minimum Gasteiger partial charge on any atom is -0.332 e. The molecule has 0 spiro atoms. The summed E-state index contributed by atoms with van der Waals surface area (Å²) in [6.07, 6.45) is 0. The number of rotatable bonds is 3. The van der Waals surface area contributed by atoms with E-state index in [9.17, 15) is 0 Å². The Hall–Kier alpha value is -2.87. The fourth-order valence-electron chi connectivity index (χ4n) is 3.53. The number of anilines is 2. The predicted octanol–water partition coefficient (Wildman–Crippen LogP) is 7.31. The van der Waals surface area contributed by atoms with Gasteiger partial charge in [-0.05, 0) is 92.1 Å². The number of hydrogen-bond acceptors (Lipinski definition) is 5. The van der Waals surface area contributed by atoms with Gasteiger partial charge in [0.15, 0.2) is 10.2 Å². The molecule has 5 aromatic rings. The summed E-state index contributed by atoms with van der Waals surface area (Å²) >= 11 is 8.82. The van der Waals surface area contributed by atoms with E-state index in [4.69, 9.17) is 17.2 Å². The maximum Gasteiger partial charge on any atom is 0.190 e. The Morgan fingerprint density at radius 3 is 2.39 bits per heavy atom. The van der Waals surface area contributed by atoms with Gasteiger partial charge < -0.3 is 10.6 Å². The second-order valence-electron chi connectivity index (χ2n) is 7.59. The molecule has 0 saturated heterocycles. The molecular weight excluding hydrogens is 440 g/mol. The molecule has 0 unspecified atom stereocenters. The van der Waals surface area contributed by atoms with Crippen LogP contribution in [0.4, 0.5) is 10.8 Å². The van der Waals surface area contributed by atoms with Crippen LogP contribution in [0, 0.1) is 20.8 Å². The van der Waals surface area contributed by atoms with Crippen LogP contribution in [0.1, 0.15) is 16.7 Å². The first-order valence-electron chi connectivity index (χ1n) is 9.88. The Kier molecular flexibility index (Phi) is 5.17. The summed E-state index contributed by atoms with van der Waals surface area (Å²) in [5.41, 5.74) is 7.76. The quantitative estimate of drug-likeness (QED) is 0.277. The van der Waals surface area contributed by atoms with Crippen LogP contribution >= 0.6 is 34.9 Å². The van der Waals surface area contributed by atoms with Gasteiger partial charge in [-0.3, -0.25) is 0 Å². The van der Waals surface area contributed by atoms with Crippen LogP contribution in [0.5, 0.6) is 0 Å². The molecule has 0 aliphatic carbocycles. The van der Waals surface area contributed by atoms with Crippen molar-refractivity contribution in [2.24, 2.45) is 0 Å². The molecule has 0 atom stereocenters. The van der Waals surface area contributed by atoms with E-state index in [1.807, 2.05) is 12.1 Å². The van der Waals surface area contributed by atoms with Gasteiger partial charge in [-0.2, -0.15) is 0 Å².